The molecule has 0 radical (unpaired) electrons. The number of nitrogens with zero attached hydrogens (tertiary/aromatic N) is 1. The molecule has 0 fully saturated rings. The molecule has 0 heterocycles. The van der Waals surface area contributed by atoms with Gasteiger partial charge in [-0.05, 0) is 25.8 Å². The smallest absolute Gasteiger partial charge is 0.111 e. The second-order valence-electron chi connectivity index (χ2n) is 4.20. The molecule has 0 aliphatic rings. The fraction of sp³-hybridized carbons (Fsp3) is 0.769. The Morgan fingerprint density at radius 2 is 2.12 bits per heavy atom. The molecule has 0 amide bonds. The van der Waals surface area contributed by atoms with Crippen LogP contribution in [-0.2, 0) is 0 Å². The molecule has 16 heavy (non-hydrogen) atoms. The van der Waals surface area contributed by atoms with Crippen molar-refractivity contribution in [3.8, 4) is 0 Å². The van der Waals surface area contributed by atoms with E-state index in [9.17, 15) is 0 Å². The first-order valence-electron chi connectivity index (χ1n) is 6.23. The van der Waals surface area contributed by atoms with Gasteiger partial charge in [-0.2, -0.15) is 0 Å². The summed E-state index contributed by atoms with van der Waals surface area (Å²) in [6.07, 6.45) is 9.52. The van der Waals surface area contributed by atoms with E-state index in [2.05, 4.69) is 36.3 Å². The second-order valence-corrected chi connectivity index (χ2v) is 4.20. The van der Waals surface area contributed by atoms with E-state index in [1.54, 1.807) is 7.05 Å². The zero-order valence-electron chi connectivity index (χ0n) is 11.2. The van der Waals surface area contributed by atoms with Crippen molar-refractivity contribution < 1.29 is 0 Å². The van der Waals surface area contributed by atoms with E-state index in [1.807, 2.05) is 7.05 Å². The van der Waals surface area contributed by atoms with E-state index >= 15 is 0 Å². The lowest BCUT2D eigenvalue weighted by Gasteiger charge is -2.20. The number of allylic oxidation sites excluding steroid dienone is 1. The van der Waals surface area contributed by atoms with Crippen molar-refractivity contribution in [1.29, 1.82) is 0 Å². The molecule has 0 aliphatic carbocycles. The molecule has 0 saturated carbocycles. The molecule has 0 saturated heterocycles. The van der Waals surface area contributed by atoms with Crippen LogP contribution in [0.25, 0.3) is 0 Å². The minimum absolute atomic E-state index is 0.146. The first kappa shape index (κ1) is 15.2. The topological polar surface area (TPSA) is 50.4 Å². The molecule has 0 aliphatic heterocycles. The van der Waals surface area contributed by atoms with Gasteiger partial charge in [0.25, 0.3) is 0 Å². The maximum Gasteiger partial charge on any atom is 0.111 e. The number of likely N-dealkylation sites (N-methyl/N-ethyl adjacent to an activating group) is 1. The van der Waals surface area contributed by atoms with E-state index in [0.717, 1.165) is 6.42 Å². The highest BCUT2D eigenvalue weighted by atomic mass is 15.0. The van der Waals surface area contributed by atoms with Gasteiger partial charge in [0, 0.05) is 7.05 Å². The Balaban J connectivity index is 4.05. The number of nitrogens with one attached hydrogen (secondary N) is 1. The summed E-state index contributed by atoms with van der Waals surface area (Å²) in [7, 11) is 3.65. The summed E-state index contributed by atoms with van der Waals surface area (Å²) in [5, 5.41) is 3.20. The van der Waals surface area contributed by atoms with Gasteiger partial charge in [0.15, 0.2) is 0 Å². The van der Waals surface area contributed by atoms with Crippen LogP contribution < -0.4 is 11.1 Å². The number of nitrogens with two attached hydrogens (primary N) is 1. The van der Waals surface area contributed by atoms with Gasteiger partial charge < -0.3 is 11.1 Å². The van der Waals surface area contributed by atoms with Crippen LogP contribution in [0.2, 0.25) is 0 Å². The van der Waals surface area contributed by atoms with Gasteiger partial charge in [-0.15, -0.1) is 0 Å². The van der Waals surface area contributed by atoms with Crippen molar-refractivity contribution in [3.05, 3.63) is 12.2 Å². The van der Waals surface area contributed by atoms with Crippen molar-refractivity contribution >= 4 is 5.84 Å². The van der Waals surface area contributed by atoms with Crippen LogP contribution in [0.3, 0.4) is 0 Å². The average molecular weight is 225 g/mol. The van der Waals surface area contributed by atoms with Gasteiger partial charge in [-0.3, -0.25) is 4.99 Å². The van der Waals surface area contributed by atoms with Gasteiger partial charge in [-0.1, -0.05) is 38.8 Å². The predicted molar refractivity (Wildman–Crippen MR) is 72.8 cm³/mol. The Kier molecular flexibility index (Phi) is 8.91. The third kappa shape index (κ3) is 5.91. The summed E-state index contributed by atoms with van der Waals surface area (Å²) in [4.78, 5) is 4.04. The monoisotopic (exact) mass is 225 g/mol. The molecule has 1 unspecified atom stereocenters. The van der Waals surface area contributed by atoms with Gasteiger partial charge in [0.2, 0.25) is 0 Å². The highest BCUT2D eigenvalue weighted by Crippen LogP contribution is 2.07. The third-order valence-electron chi connectivity index (χ3n) is 2.83. The Morgan fingerprint density at radius 3 is 2.62 bits per heavy atom. The van der Waals surface area contributed by atoms with E-state index in [1.165, 1.54) is 19.3 Å². The maximum absolute atomic E-state index is 5.83. The van der Waals surface area contributed by atoms with Gasteiger partial charge in [-0.25, -0.2) is 0 Å². The molecule has 0 rings (SSSR count). The standard InChI is InChI=1S/C13H27N3/c1-5-6-7-8-9-10-11(2)12(15-3)13(14)16-4/h9-12,15H,5-8H2,1-4H3,(H2,14,16)/b10-9-/t11-,12?/m0/s1. The Morgan fingerprint density at radius 1 is 1.44 bits per heavy atom. The van der Waals surface area contributed by atoms with Crippen molar-refractivity contribution in [2.75, 3.05) is 14.1 Å². The highest BCUT2D eigenvalue weighted by Gasteiger charge is 2.15. The molecule has 0 aromatic rings. The lowest BCUT2D eigenvalue weighted by molar-refractivity contribution is 0.564. The summed E-state index contributed by atoms with van der Waals surface area (Å²) in [6.45, 7) is 4.39. The van der Waals surface area contributed by atoms with Crippen LogP contribution >= 0.6 is 0 Å². The fourth-order valence-electron chi connectivity index (χ4n) is 1.75. The minimum Gasteiger partial charge on any atom is -0.386 e. The van der Waals surface area contributed by atoms with Crippen LogP contribution in [-0.4, -0.2) is 26.0 Å². The lowest BCUT2D eigenvalue weighted by atomic mass is 10.00. The lowest BCUT2D eigenvalue weighted by Crippen LogP contribution is -2.43. The first-order valence-corrected chi connectivity index (χ1v) is 6.23. The largest absolute Gasteiger partial charge is 0.386 e. The van der Waals surface area contributed by atoms with Crippen molar-refractivity contribution in [2.45, 2.75) is 45.6 Å². The average Bonchev–Trinajstić information content (AvgIpc) is 2.29. The van der Waals surface area contributed by atoms with Crippen molar-refractivity contribution in [3.63, 3.8) is 0 Å². The summed E-state index contributed by atoms with van der Waals surface area (Å²) in [5.74, 6) is 1.06. The van der Waals surface area contributed by atoms with Crippen LogP contribution in [0.4, 0.5) is 0 Å². The quantitative estimate of drug-likeness (QED) is 0.288. The van der Waals surface area contributed by atoms with Gasteiger partial charge in [0.05, 0.1) is 6.04 Å². The maximum atomic E-state index is 5.83. The van der Waals surface area contributed by atoms with Crippen LogP contribution in [0.5, 0.6) is 0 Å². The van der Waals surface area contributed by atoms with Crippen LogP contribution in [0, 0.1) is 5.92 Å². The number of amidine groups is 1. The van der Waals surface area contributed by atoms with E-state index in [4.69, 9.17) is 5.73 Å². The first-order chi connectivity index (χ1) is 7.67. The van der Waals surface area contributed by atoms with Gasteiger partial charge in [0.1, 0.15) is 5.84 Å². The fourth-order valence-corrected chi connectivity index (χ4v) is 1.75. The molecular formula is C13H27N3. The number of hydrogen-bond acceptors (Lipinski definition) is 2. The van der Waals surface area contributed by atoms with Crippen LogP contribution in [0.15, 0.2) is 17.1 Å². The molecule has 3 heteroatoms. The Labute approximate surface area is 100 Å². The van der Waals surface area contributed by atoms with Crippen molar-refractivity contribution in [2.24, 2.45) is 16.6 Å². The Hall–Kier alpha value is -0.830. The SMILES string of the molecule is CCCCC/C=C\[C@H](C)C(NC)C(N)=NC. The van der Waals surface area contributed by atoms with Crippen molar-refractivity contribution in [1.82, 2.24) is 5.32 Å². The molecule has 0 spiro atoms. The molecule has 2 atom stereocenters. The molecule has 3 nitrogen and oxygen atoms in total. The number of aliphatic imine (C=N–C) groups is 1. The Bertz CT molecular complexity index is 221. The molecule has 0 aromatic carbocycles. The second kappa shape index (κ2) is 9.40. The zero-order valence-corrected chi connectivity index (χ0v) is 11.2. The molecule has 0 bridgehead atoms. The van der Waals surface area contributed by atoms with Gasteiger partial charge >= 0.3 is 0 Å². The summed E-state index contributed by atoms with van der Waals surface area (Å²) in [5.41, 5.74) is 5.83. The highest BCUT2D eigenvalue weighted by molar-refractivity contribution is 5.86. The van der Waals surface area contributed by atoms with E-state index < -0.39 is 0 Å². The summed E-state index contributed by atoms with van der Waals surface area (Å²) >= 11 is 0. The summed E-state index contributed by atoms with van der Waals surface area (Å²) in [6, 6.07) is 0.146. The molecular weight excluding hydrogens is 198 g/mol. The summed E-state index contributed by atoms with van der Waals surface area (Å²) < 4.78 is 0. The number of hydrogen-bond donors (Lipinski definition) is 2. The normalized spacial score (nSPS) is 16.6. The predicted octanol–water partition coefficient (Wildman–Crippen LogP) is 2.33. The number of rotatable bonds is 8. The molecule has 94 valence electrons. The van der Waals surface area contributed by atoms with E-state index in [-0.39, 0.29) is 6.04 Å². The molecule has 3 N–H and O–H groups in total. The number of unbranched alkanes of at least 4 members (excludes halogenated alkanes) is 3. The minimum atomic E-state index is 0.146. The third-order valence-corrected chi connectivity index (χ3v) is 2.83. The van der Waals surface area contributed by atoms with Crippen LogP contribution in [0.1, 0.15) is 39.5 Å². The van der Waals surface area contributed by atoms with E-state index in [0.29, 0.717) is 11.8 Å². The molecule has 0 aromatic heterocycles. The zero-order chi connectivity index (χ0) is 12.4.